The van der Waals surface area contributed by atoms with Gasteiger partial charge in [-0.3, -0.25) is 16.0 Å². The lowest BCUT2D eigenvalue weighted by Crippen LogP contribution is -2.28. The van der Waals surface area contributed by atoms with Crippen molar-refractivity contribution in [3.8, 4) is 12.3 Å². The first-order valence-electron chi connectivity index (χ1n) is 6.09. The highest BCUT2D eigenvalue weighted by atomic mass is 15.3. The highest BCUT2D eigenvalue weighted by molar-refractivity contribution is 5.82. The van der Waals surface area contributed by atoms with E-state index in [1.54, 1.807) is 0 Å². The lowest BCUT2D eigenvalue weighted by molar-refractivity contribution is 0.488. The molecule has 4 heteroatoms. The quantitative estimate of drug-likeness (QED) is 0.364. The highest BCUT2D eigenvalue weighted by Crippen LogP contribution is 2.25. The zero-order valence-electron chi connectivity index (χ0n) is 10.6. The number of nitrogens with two attached hydrogens (primary N) is 1. The summed E-state index contributed by atoms with van der Waals surface area (Å²) < 4.78 is 1.89. The third kappa shape index (κ3) is 2.37. The SMILES string of the molecule is C#CCCCC(NN)c1nn(C)c2ccccc12. The normalized spacial score (nSPS) is 12.5. The van der Waals surface area contributed by atoms with Crippen molar-refractivity contribution in [3.63, 3.8) is 0 Å². The summed E-state index contributed by atoms with van der Waals surface area (Å²) in [7, 11) is 1.95. The average Bonchev–Trinajstić information content (AvgIpc) is 2.73. The van der Waals surface area contributed by atoms with E-state index in [2.05, 4.69) is 28.6 Å². The number of unbranched alkanes of at least 4 members (excludes halogenated alkanes) is 1. The van der Waals surface area contributed by atoms with E-state index in [9.17, 15) is 0 Å². The van der Waals surface area contributed by atoms with Crippen LogP contribution in [-0.4, -0.2) is 9.78 Å². The van der Waals surface area contributed by atoms with Gasteiger partial charge in [0, 0.05) is 18.9 Å². The van der Waals surface area contributed by atoms with Gasteiger partial charge in [0.1, 0.15) is 0 Å². The van der Waals surface area contributed by atoms with Crippen LogP contribution in [0.5, 0.6) is 0 Å². The number of fused-ring (bicyclic) bond motifs is 1. The van der Waals surface area contributed by atoms with Gasteiger partial charge in [0.15, 0.2) is 0 Å². The lowest BCUT2D eigenvalue weighted by atomic mass is 10.0. The number of terminal acetylenes is 1. The fourth-order valence-corrected chi connectivity index (χ4v) is 2.21. The van der Waals surface area contributed by atoms with Crippen molar-refractivity contribution in [3.05, 3.63) is 30.0 Å². The summed E-state index contributed by atoms with van der Waals surface area (Å²) in [5, 5.41) is 5.70. The number of para-hydroxylation sites is 1. The van der Waals surface area contributed by atoms with Crippen LogP contribution in [0.2, 0.25) is 0 Å². The maximum absolute atomic E-state index is 5.64. The molecule has 1 aromatic heterocycles. The Balaban J connectivity index is 2.31. The van der Waals surface area contributed by atoms with Gasteiger partial charge in [-0.1, -0.05) is 18.2 Å². The number of aryl methyl sites for hydroxylation is 1. The molecule has 94 valence electrons. The lowest BCUT2D eigenvalue weighted by Gasteiger charge is -2.13. The van der Waals surface area contributed by atoms with Gasteiger partial charge in [-0.25, -0.2) is 0 Å². The number of hydrazine groups is 1. The molecule has 1 unspecified atom stereocenters. The Labute approximate surface area is 107 Å². The van der Waals surface area contributed by atoms with Gasteiger partial charge in [-0.2, -0.15) is 5.10 Å². The van der Waals surface area contributed by atoms with E-state index in [1.807, 2.05) is 23.9 Å². The van der Waals surface area contributed by atoms with Crippen LogP contribution in [0, 0.1) is 12.3 Å². The van der Waals surface area contributed by atoms with Crippen LogP contribution in [0.1, 0.15) is 31.0 Å². The molecular formula is C14H18N4. The van der Waals surface area contributed by atoms with E-state index in [4.69, 9.17) is 12.3 Å². The number of hydrogen-bond acceptors (Lipinski definition) is 3. The minimum atomic E-state index is 0.0458. The second kappa shape index (κ2) is 5.67. The van der Waals surface area contributed by atoms with Crippen molar-refractivity contribution in [2.75, 3.05) is 0 Å². The maximum atomic E-state index is 5.64. The average molecular weight is 242 g/mol. The summed E-state index contributed by atoms with van der Waals surface area (Å²) in [6, 6.07) is 8.20. The molecule has 4 nitrogen and oxygen atoms in total. The third-order valence-electron chi connectivity index (χ3n) is 3.13. The predicted octanol–water partition coefficient (Wildman–Crippen LogP) is 1.88. The van der Waals surface area contributed by atoms with Crippen LogP contribution in [0.25, 0.3) is 10.9 Å². The standard InChI is InChI=1S/C14H18N4/c1-3-4-5-9-12(16-15)14-11-8-6-7-10-13(11)18(2)17-14/h1,6-8,10,12,16H,4-5,9,15H2,2H3. The number of nitrogens with zero attached hydrogens (tertiary/aromatic N) is 2. The van der Waals surface area contributed by atoms with E-state index in [-0.39, 0.29) is 6.04 Å². The van der Waals surface area contributed by atoms with Crippen LogP contribution in [0.3, 0.4) is 0 Å². The molecule has 0 aliphatic heterocycles. The minimum absolute atomic E-state index is 0.0458. The molecule has 0 bridgehead atoms. The number of nitrogens with one attached hydrogen (secondary N) is 1. The van der Waals surface area contributed by atoms with Gasteiger partial charge < -0.3 is 0 Å². The van der Waals surface area contributed by atoms with Crippen molar-refractivity contribution in [1.29, 1.82) is 0 Å². The molecule has 1 heterocycles. The fourth-order valence-electron chi connectivity index (χ4n) is 2.21. The van der Waals surface area contributed by atoms with E-state index in [0.717, 1.165) is 35.9 Å². The first-order chi connectivity index (χ1) is 8.77. The Morgan fingerprint density at radius 2 is 2.28 bits per heavy atom. The van der Waals surface area contributed by atoms with Crippen LogP contribution in [-0.2, 0) is 7.05 Å². The smallest absolute Gasteiger partial charge is 0.0886 e. The van der Waals surface area contributed by atoms with Gasteiger partial charge in [0.2, 0.25) is 0 Å². The van der Waals surface area contributed by atoms with Crippen LogP contribution in [0.15, 0.2) is 24.3 Å². The Morgan fingerprint density at radius 3 is 3.00 bits per heavy atom. The summed E-state index contributed by atoms with van der Waals surface area (Å²) in [6.07, 6.45) is 7.87. The molecule has 0 saturated carbocycles. The maximum Gasteiger partial charge on any atom is 0.0886 e. The molecule has 0 saturated heterocycles. The zero-order valence-corrected chi connectivity index (χ0v) is 10.6. The second-order valence-electron chi connectivity index (χ2n) is 4.34. The minimum Gasteiger partial charge on any atom is -0.271 e. The van der Waals surface area contributed by atoms with Gasteiger partial charge in [-0.15, -0.1) is 12.3 Å². The van der Waals surface area contributed by atoms with Crippen LogP contribution in [0.4, 0.5) is 0 Å². The van der Waals surface area contributed by atoms with Crippen molar-refractivity contribution >= 4 is 10.9 Å². The number of rotatable bonds is 5. The van der Waals surface area contributed by atoms with E-state index < -0.39 is 0 Å². The van der Waals surface area contributed by atoms with Crippen molar-refractivity contribution < 1.29 is 0 Å². The third-order valence-corrected chi connectivity index (χ3v) is 3.13. The summed E-state index contributed by atoms with van der Waals surface area (Å²) in [6.45, 7) is 0. The van der Waals surface area contributed by atoms with Gasteiger partial charge >= 0.3 is 0 Å². The molecule has 1 aromatic carbocycles. The summed E-state index contributed by atoms with van der Waals surface area (Å²) in [4.78, 5) is 0. The molecule has 2 rings (SSSR count). The van der Waals surface area contributed by atoms with E-state index in [1.165, 1.54) is 0 Å². The molecule has 0 aliphatic carbocycles. The van der Waals surface area contributed by atoms with Crippen LogP contribution < -0.4 is 11.3 Å². The molecule has 0 spiro atoms. The van der Waals surface area contributed by atoms with Crippen molar-refractivity contribution in [1.82, 2.24) is 15.2 Å². The molecule has 0 aliphatic rings. The molecule has 0 amide bonds. The number of hydrogen-bond donors (Lipinski definition) is 2. The summed E-state index contributed by atoms with van der Waals surface area (Å²) in [5.41, 5.74) is 4.95. The first-order valence-corrected chi connectivity index (χ1v) is 6.09. The Hall–Kier alpha value is -1.83. The molecule has 2 aromatic rings. The fraction of sp³-hybridized carbons (Fsp3) is 0.357. The number of benzene rings is 1. The van der Waals surface area contributed by atoms with Gasteiger partial charge in [-0.05, 0) is 18.9 Å². The molecular weight excluding hydrogens is 224 g/mol. The van der Waals surface area contributed by atoms with Crippen molar-refractivity contribution in [2.45, 2.75) is 25.3 Å². The molecule has 1 atom stereocenters. The van der Waals surface area contributed by atoms with Crippen LogP contribution >= 0.6 is 0 Å². The zero-order chi connectivity index (χ0) is 13.0. The first kappa shape index (κ1) is 12.6. The topological polar surface area (TPSA) is 55.9 Å². The van der Waals surface area contributed by atoms with E-state index in [0.29, 0.717) is 0 Å². The Kier molecular flexibility index (Phi) is 3.98. The van der Waals surface area contributed by atoms with Gasteiger partial charge in [0.05, 0.1) is 17.3 Å². The Morgan fingerprint density at radius 1 is 1.50 bits per heavy atom. The second-order valence-corrected chi connectivity index (χ2v) is 4.34. The Bertz CT molecular complexity index is 565. The number of aromatic nitrogens is 2. The monoisotopic (exact) mass is 242 g/mol. The molecule has 3 N–H and O–H groups in total. The molecule has 18 heavy (non-hydrogen) atoms. The predicted molar refractivity (Wildman–Crippen MR) is 73.5 cm³/mol. The highest BCUT2D eigenvalue weighted by Gasteiger charge is 2.17. The summed E-state index contributed by atoms with van der Waals surface area (Å²) >= 11 is 0. The largest absolute Gasteiger partial charge is 0.271 e. The van der Waals surface area contributed by atoms with E-state index >= 15 is 0 Å². The van der Waals surface area contributed by atoms with Crippen molar-refractivity contribution in [2.24, 2.45) is 12.9 Å². The molecule has 0 fully saturated rings. The molecule has 0 radical (unpaired) electrons. The summed E-state index contributed by atoms with van der Waals surface area (Å²) in [5.74, 6) is 8.28. The van der Waals surface area contributed by atoms with Gasteiger partial charge in [0.25, 0.3) is 0 Å².